The van der Waals surface area contributed by atoms with Crippen molar-refractivity contribution in [2.75, 3.05) is 36.8 Å². The lowest BCUT2D eigenvalue weighted by atomic mass is 10.1. The van der Waals surface area contributed by atoms with Gasteiger partial charge >= 0.3 is 5.97 Å². The largest absolute Gasteiger partial charge is 0.481 e. The molecule has 4 heterocycles. The molecule has 1 saturated heterocycles. The molecule has 0 bridgehead atoms. The number of hydrogen-bond donors (Lipinski definition) is 2. The molecule has 33 heavy (non-hydrogen) atoms. The first kappa shape index (κ1) is 21.7. The second-order valence-electron chi connectivity index (χ2n) is 7.86. The molecule has 1 aliphatic heterocycles. The minimum atomic E-state index is -0.893. The average molecular weight is 482 g/mol. The van der Waals surface area contributed by atoms with E-state index in [1.54, 1.807) is 11.3 Å². The number of carbonyl (C=O) groups excluding carboxylic acids is 1. The Hall–Kier alpha value is -3.11. The molecule has 3 aromatic heterocycles. The Morgan fingerprint density at radius 3 is 2.73 bits per heavy atom. The van der Waals surface area contributed by atoms with Gasteiger partial charge in [-0.15, -0.1) is 11.3 Å². The van der Waals surface area contributed by atoms with Gasteiger partial charge in [-0.25, -0.2) is 9.97 Å². The van der Waals surface area contributed by atoms with Crippen molar-refractivity contribution in [3.05, 3.63) is 47.0 Å². The third kappa shape index (κ3) is 4.40. The fraction of sp³-hybridized carbons (Fsp3) is 0.304. The second kappa shape index (κ2) is 9.03. The number of carboxylic acid groups (broad SMARTS) is 1. The van der Waals surface area contributed by atoms with Crippen LogP contribution in [-0.2, 0) is 11.2 Å². The minimum absolute atomic E-state index is 0.0282. The summed E-state index contributed by atoms with van der Waals surface area (Å²) in [6.07, 6.45) is 2.78. The number of nitrogens with one attached hydrogen (secondary N) is 1. The van der Waals surface area contributed by atoms with E-state index in [9.17, 15) is 9.59 Å². The predicted molar refractivity (Wildman–Crippen MR) is 132 cm³/mol. The van der Waals surface area contributed by atoms with Crippen molar-refractivity contribution >= 4 is 61.9 Å². The van der Waals surface area contributed by atoms with Gasteiger partial charge in [-0.1, -0.05) is 24.8 Å². The average Bonchev–Trinajstić information content (AvgIpc) is 3.48. The number of benzene rings is 1. The maximum absolute atomic E-state index is 13.1. The van der Waals surface area contributed by atoms with E-state index in [1.165, 1.54) is 4.88 Å². The molecular formula is C23H23N5O3S2. The maximum Gasteiger partial charge on any atom is 0.313 e. The highest BCUT2D eigenvalue weighted by Gasteiger charge is 2.25. The molecule has 10 heteroatoms. The molecule has 1 aromatic carbocycles. The molecule has 0 spiro atoms. The lowest BCUT2D eigenvalue weighted by molar-refractivity contribution is -0.133. The normalized spacial score (nSPS) is 14.3. The number of hydrogen-bond acceptors (Lipinski definition) is 7. The number of aromatic amines is 1. The number of carbonyl (C=O) groups is 2. The molecule has 0 aliphatic carbocycles. The van der Waals surface area contributed by atoms with Gasteiger partial charge in [-0.3, -0.25) is 9.59 Å². The number of fused-ring (bicyclic) bond motifs is 2. The zero-order valence-corrected chi connectivity index (χ0v) is 19.7. The first-order valence-corrected chi connectivity index (χ1v) is 12.6. The number of thioether (sulfide) groups is 1. The molecule has 1 aliphatic rings. The number of piperazine rings is 1. The summed E-state index contributed by atoms with van der Waals surface area (Å²) in [5.74, 6) is -0.121. The van der Waals surface area contributed by atoms with Gasteiger partial charge < -0.3 is 19.9 Å². The Bertz CT molecular complexity index is 1340. The number of aromatic nitrogens is 3. The number of carboxylic acids is 1. The summed E-state index contributed by atoms with van der Waals surface area (Å²) in [6, 6.07) is 9.86. The second-order valence-corrected chi connectivity index (χ2v) is 9.91. The maximum atomic E-state index is 13.1. The van der Waals surface area contributed by atoms with Crippen LogP contribution in [0.25, 0.3) is 21.1 Å². The molecule has 1 amide bonds. The smallest absolute Gasteiger partial charge is 0.313 e. The van der Waals surface area contributed by atoms with Crippen LogP contribution in [0.1, 0.15) is 22.2 Å². The SMILES string of the molecule is CCc1cc2c(N3CCN(C(=O)c4ccc5cc[nH]c5c4)CC3)nc(SCC(=O)O)nc2s1. The number of nitrogens with zero attached hydrogens (tertiary/aromatic N) is 4. The van der Waals surface area contributed by atoms with Gasteiger partial charge in [0.1, 0.15) is 10.6 Å². The van der Waals surface area contributed by atoms with Gasteiger partial charge in [0.2, 0.25) is 0 Å². The Kier molecular flexibility index (Phi) is 5.94. The molecule has 8 nitrogen and oxygen atoms in total. The van der Waals surface area contributed by atoms with Crippen molar-refractivity contribution in [1.82, 2.24) is 19.9 Å². The summed E-state index contributed by atoms with van der Waals surface area (Å²) in [7, 11) is 0. The molecule has 0 radical (unpaired) electrons. The first-order valence-electron chi connectivity index (χ1n) is 10.8. The van der Waals surface area contributed by atoms with E-state index >= 15 is 0 Å². The van der Waals surface area contributed by atoms with E-state index in [4.69, 9.17) is 10.1 Å². The van der Waals surface area contributed by atoms with Gasteiger partial charge in [-0.2, -0.15) is 0 Å². The highest BCUT2D eigenvalue weighted by atomic mass is 32.2. The van der Waals surface area contributed by atoms with Crippen molar-refractivity contribution in [2.45, 2.75) is 18.5 Å². The Morgan fingerprint density at radius 2 is 1.97 bits per heavy atom. The minimum Gasteiger partial charge on any atom is -0.481 e. The third-order valence-electron chi connectivity index (χ3n) is 5.74. The third-order valence-corrected chi connectivity index (χ3v) is 7.75. The van der Waals surface area contributed by atoms with E-state index in [2.05, 4.69) is 27.9 Å². The molecular weight excluding hydrogens is 458 g/mol. The van der Waals surface area contributed by atoms with Gasteiger partial charge in [0.05, 0.1) is 11.1 Å². The van der Waals surface area contributed by atoms with Crippen LogP contribution >= 0.6 is 23.1 Å². The van der Waals surface area contributed by atoms with Crippen LogP contribution in [0.4, 0.5) is 5.82 Å². The van der Waals surface area contributed by atoms with Gasteiger partial charge in [0.25, 0.3) is 5.91 Å². The monoisotopic (exact) mass is 481 g/mol. The summed E-state index contributed by atoms with van der Waals surface area (Å²) in [5.41, 5.74) is 1.64. The Balaban J connectivity index is 1.36. The van der Waals surface area contributed by atoms with Crippen LogP contribution in [0.5, 0.6) is 0 Å². The van der Waals surface area contributed by atoms with E-state index in [0.717, 1.165) is 45.1 Å². The van der Waals surface area contributed by atoms with Crippen molar-refractivity contribution < 1.29 is 14.7 Å². The van der Waals surface area contributed by atoms with Crippen LogP contribution in [0.2, 0.25) is 0 Å². The molecule has 1 fully saturated rings. The number of H-pyrrole nitrogens is 1. The van der Waals surface area contributed by atoms with E-state index in [-0.39, 0.29) is 11.7 Å². The highest BCUT2D eigenvalue weighted by molar-refractivity contribution is 7.99. The summed E-state index contributed by atoms with van der Waals surface area (Å²) >= 11 is 2.76. The van der Waals surface area contributed by atoms with E-state index < -0.39 is 5.97 Å². The fourth-order valence-electron chi connectivity index (χ4n) is 4.03. The molecule has 170 valence electrons. The van der Waals surface area contributed by atoms with Crippen molar-refractivity contribution in [3.63, 3.8) is 0 Å². The van der Waals surface area contributed by atoms with E-state index in [1.807, 2.05) is 35.4 Å². The van der Waals surface area contributed by atoms with Crippen LogP contribution < -0.4 is 4.90 Å². The predicted octanol–water partition coefficient (Wildman–Crippen LogP) is 3.87. The Morgan fingerprint density at radius 1 is 1.15 bits per heavy atom. The number of rotatable bonds is 6. The van der Waals surface area contributed by atoms with Gasteiger partial charge in [-0.05, 0) is 36.1 Å². The van der Waals surface area contributed by atoms with Gasteiger partial charge in [0.15, 0.2) is 5.16 Å². The lowest BCUT2D eigenvalue weighted by Gasteiger charge is -2.35. The molecule has 0 unspecified atom stereocenters. The number of anilines is 1. The van der Waals surface area contributed by atoms with Crippen LogP contribution in [-0.4, -0.2) is 68.8 Å². The zero-order valence-electron chi connectivity index (χ0n) is 18.1. The molecule has 4 aromatic rings. The number of thiophene rings is 1. The molecule has 5 rings (SSSR count). The topological polar surface area (TPSA) is 102 Å². The van der Waals surface area contributed by atoms with Crippen molar-refractivity contribution in [1.29, 1.82) is 0 Å². The number of aliphatic carboxylic acids is 1. The van der Waals surface area contributed by atoms with Crippen LogP contribution in [0.3, 0.4) is 0 Å². The summed E-state index contributed by atoms with van der Waals surface area (Å²) in [5, 5.41) is 11.6. The highest BCUT2D eigenvalue weighted by Crippen LogP contribution is 2.34. The quantitative estimate of drug-likeness (QED) is 0.318. The number of amides is 1. The molecule has 0 saturated carbocycles. The number of aryl methyl sites for hydroxylation is 1. The molecule has 0 atom stereocenters. The van der Waals surface area contributed by atoms with Crippen LogP contribution in [0.15, 0.2) is 41.7 Å². The van der Waals surface area contributed by atoms with E-state index in [0.29, 0.717) is 36.9 Å². The summed E-state index contributed by atoms with van der Waals surface area (Å²) in [6.45, 7) is 4.60. The standard InChI is InChI=1S/C23H23N5O3S2/c1-2-16-12-17-20(25-23(26-21(17)33-16)32-13-19(29)30)27-7-9-28(10-8-27)22(31)15-4-3-14-5-6-24-18(14)11-15/h3-6,11-12,24H,2,7-10,13H2,1H3,(H,29,30). The summed E-state index contributed by atoms with van der Waals surface area (Å²) < 4.78 is 0. The zero-order chi connectivity index (χ0) is 22.9. The summed E-state index contributed by atoms with van der Waals surface area (Å²) in [4.78, 5) is 42.7. The van der Waals surface area contributed by atoms with Crippen molar-refractivity contribution in [2.24, 2.45) is 0 Å². The Labute approximate surface area is 198 Å². The van der Waals surface area contributed by atoms with Crippen LogP contribution in [0, 0.1) is 0 Å². The van der Waals surface area contributed by atoms with Gasteiger partial charge in [0, 0.05) is 48.3 Å². The van der Waals surface area contributed by atoms with Crippen molar-refractivity contribution in [3.8, 4) is 0 Å². The first-order chi connectivity index (χ1) is 16.0. The lowest BCUT2D eigenvalue weighted by Crippen LogP contribution is -2.49. The molecule has 2 N–H and O–H groups in total. The fourth-order valence-corrected chi connectivity index (χ4v) is 5.61.